The summed E-state index contributed by atoms with van der Waals surface area (Å²) in [6.07, 6.45) is 0. The molecule has 0 aliphatic rings. The molecule has 0 unspecified atom stereocenters. The summed E-state index contributed by atoms with van der Waals surface area (Å²) < 4.78 is 1.26. The fourth-order valence-electron chi connectivity index (χ4n) is 1.53. The van der Waals surface area contributed by atoms with Gasteiger partial charge in [-0.05, 0) is 24.3 Å². The third kappa shape index (κ3) is 3.31. The Morgan fingerprint density at radius 2 is 1.56 bits per heavy atom. The number of nitrogens with zero attached hydrogens (tertiary/aromatic N) is 2. The molecule has 0 saturated heterocycles. The highest BCUT2D eigenvalue weighted by atomic mass is 32.1. The van der Waals surface area contributed by atoms with E-state index in [0.29, 0.717) is 0 Å². The van der Waals surface area contributed by atoms with Crippen LogP contribution in [0, 0.1) is 0 Å². The first kappa shape index (κ1) is 12.6. The summed E-state index contributed by atoms with van der Waals surface area (Å²) >= 11 is 1.68. The predicted octanol–water partition coefficient (Wildman–Crippen LogP) is 4.05. The van der Waals surface area contributed by atoms with Gasteiger partial charge in [0.2, 0.25) is 0 Å². The number of aromatic nitrogens is 1. The van der Waals surface area contributed by atoms with E-state index in [1.54, 1.807) is 11.3 Å². The van der Waals surface area contributed by atoms with E-state index in [1.807, 2.05) is 56.0 Å². The van der Waals surface area contributed by atoms with Crippen molar-refractivity contribution < 1.29 is 0 Å². The second kappa shape index (κ2) is 6.17. The lowest BCUT2D eigenvalue weighted by atomic mass is 10.3. The van der Waals surface area contributed by atoms with Gasteiger partial charge in [0.05, 0.1) is 15.7 Å². The third-order valence-corrected chi connectivity index (χ3v) is 3.32. The maximum Gasteiger partial charge on any atom is 0.0812 e. The van der Waals surface area contributed by atoms with Gasteiger partial charge in [-0.3, -0.25) is 0 Å². The van der Waals surface area contributed by atoms with Crippen LogP contribution < -0.4 is 4.90 Å². The van der Waals surface area contributed by atoms with E-state index in [1.165, 1.54) is 10.4 Å². The van der Waals surface area contributed by atoms with Crippen LogP contribution in [0.1, 0.15) is 0 Å². The van der Waals surface area contributed by atoms with Crippen LogP contribution in [0.15, 0.2) is 60.1 Å². The Morgan fingerprint density at radius 3 is 2.17 bits per heavy atom. The van der Waals surface area contributed by atoms with Crippen molar-refractivity contribution in [2.24, 2.45) is 0 Å². The van der Waals surface area contributed by atoms with E-state index in [9.17, 15) is 0 Å². The van der Waals surface area contributed by atoms with Crippen LogP contribution in [0.25, 0.3) is 10.2 Å². The number of anilines is 1. The van der Waals surface area contributed by atoms with Crippen LogP contribution in [0.4, 0.5) is 5.69 Å². The summed E-state index contributed by atoms with van der Waals surface area (Å²) in [5.41, 5.74) is 4.21. The summed E-state index contributed by atoms with van der Waals surface area (Å²) in [5.74, 6) is 0. The molecule has 3 heteroatoms. The standard InChI is InChI=1S/C8H11N.C7H5NS/c1-9(2)8-6-4-3-5-7-8;1-2-4-7-6(3-1)8-5-9-7/h3-7H,1-2H3;1-5H. The molecule has 2 aromatic carbocycles. The fraction of sp³-hybridized carbons (Fsp3) is 0.133. The molecule has 0 spiro atoms. The average Bonchev–Trinajstić information content (AvgIpc) is 2.89. The first-order valence-corrected chi connectivity index (χ1v) is 6.66. The largest absolute Gasteiger partial charge is 0.378 e. The topological polar surface area (TPSA) is 16.1 Å². The molecule has 0 aliphatic carbocycles. The van der Waals surface area contributed by atoms with Crippen LogP contribution in [0.2, 0.25) is 0 Å². The number of para-hydroxylation sites is 2. The molecule has 18 heavy (non-hydrogen) atoms. The summed E-state index contributed by atoms with van der Waals surface area (Å²) in [5, 5.41) is 0. The number of benzene rings is 2. The predicted molar refractivity (Wildman–Crippen MR) is 80.4 cm³/mol. The molecular formula is C15H16N2S. The van der Waals surface area contributed by atoms with Crippen molar-refractivity contribution in [3.8, 4) is 0 Å². The monoisotopic (exact) mass is 256 g/mol. The molecular weight excluding hydrogens is 240 g/mol. The minimum atomic E-state index is 1.10. The van der Waals surface area contributed by atoms with Crippen molar-refractivity contribution in [3.05, 3.63) is 60.1 Å². The maximum absolute atomic E-state index is 4.14. The van der Waals surface area contributed by atoms with Gasteiger partial charge in [0.1, 0.15) is 0 Å². The zero-order valence-electron chi connectivity index (χ0n) is 10.6. The Morgan fingerprint density at radius 1 is 0.889 bits per heavy atom. The summed E-state index contributed by atoms with van der Waals surface area (Å²) in [6, 6.07) is 18.4. The van der Waals surface area contributed by atoms with Crippen molar-refractivity contribution in [2.45, 2.75) is 0 Å². The first-order chi connectivity index (χ1) is 8.77. The van der Waals surface area contributed by atoms with Crippen molar-refractivity contribution in [2.75, 3.05) is 19.0 Å². The third-order valence-electron chi connectivity index (χ3n) is 2.51. The Hall–Kier alpha value is -1.87. The van der Waals surface area contributed by atoms with Crippen molar-refractivity contribution in [3.63, 3.8) is 0 Å². The maximum atomic E-state index is 4.14. The second-order valence-corrected chi connectivity index (χ2v) is 4.94. The molecule has 0 aliphatic heterocycles. The molecule has 0 N–H and O–H groups in total. The molecule has 3 aromatic rings. The van der Waals surface area contributed by atoms with E-state index < -0.39 is 0 Å². The highest BCUT2D eigenvalue weighted by molar-refractivity contribution is 7.16. The lowest BCUT2D eigenvalue weighted by Gasteiger charge is -2.10. The van der Waals surface area contributed by atoms with Gasteiger partial charge in [-0.2, -0.15) is 0 Å². The number of rotatable bonds is 1. The highest BCUT2D eigenvalue weighted by Crippen LogP contribution is 2.15. The Balaban J connectivity index is 0.000000134. The van der Waals surface area contributed by atoms with Crippen LogP contribution in [-0.4, -0.2) is 19.1 Å². The van der Waals surface area contributed by atoms with Crippen LogP contribution >= 0.6 is 11.3 Å². The van der Waals surface area contributed by atoms with Gasteiger partial charge in [0.15, 0.2) is 0 Å². The Bertz CT molecular complexity index is 557. The van der Waals surface area contributed by atoms with Gasteiger partial charge < -0.3 is 4.90 Å². The molecule has 0 saturated carbocycles. The van der Waals surface area contributed by atoms with Gasteiger partial charge in [-0.15, -0.1) is 11.3 Å². The average molecular weight is 256 g/mol. The lowest BCUT2D eigenvalue weighted by Crippen LogP contribution is -2.07. The number of hydrogen-bond donors (Lipinski definition) is 0. The van der Waals surface area contributed by atoms with Crippen molar-refractivity contribution in [1.82, 2.24) is 4.98 Å². The quantitative estimate of drug-likeness (QED) is 0.653. The smallest absolute Gasteiger partial charge is 0.0812 e. The number of hydrogen-bond acceptors (Lipinski definition) is 3. The highest BCUT2D eigenvalue weighted by Gasteiger charge is 1.89. The van der Waals surface area contributed by atoms with E-state index >= 15 is 0 Å². The molecule has 1 heterocycles. The zero-order valence-corrected chi connectivity index (χ0v) is 11.4. The summed E-state index contributed by atoms with van der Waals surface area (Å²) in [4.78, 5) is 6.22. The van der Waals surface area contributed by atoms with Gasteiger partial charge >= 0.3 is 0 Å². The minimum Gasteiger partial charge on any atom is -0.378 e. The SMILES string of the molecule is CN(C)c1ccccc1.c1ccc2scnc2c1. The first-order valence-electron chi connectivity index (χ1n) is 5.78. The molecule has 0 fully saturated rings. The summed E-state index contributed by atoms with van der Waals surface area (Å²) in [6.45, 7) is 0. The number of thiazole rings is 1. The lowest BCUT2D eigenvalue weighted by molar-refractivity contribution is 1.13. The fourth-order valence-corrected chi connectivity index (χ4v) is 2.21. The Kier molecular flexibility index (Phi) is 4.31. The van der Waals surface area contributed by atoms with E-state index in [2.05, 4.69) is 28.1 Å². The van der Waals surface area contributed by atoms with Gasteiger partial charge in [-0.25, -0.2) is 4.98 Å². The normalized spacial score (nSPS) is 9.67. The van der Waals surface area contributed by atoms with Crippen LogP contribution in [-0.2, 0) is 0 Å². The molecule has 0 radical (unpaired) electrons. The molecule has 2 nitrogen and oxygen atoms in total. The minimum absolute atomic E-state index is 1.10. The second-order valence-electron chi connectivity index (χ2n) is 4.05. The van der Waals surface area contributed by atoms with E-state index in [-0.39, 0.29) is 0 Å². The summed E-state index contributed by atoms with van der Waals surface area (Å²) in [7, 11) is 4.07. The molecule has 3 rings (SSSR count). The molecule has 92 valence electrons. The van der Waals surface area contributed by atoms with Gasteiger partial charge in [0, 0.05) is 19.8 Å². The van der Waals surface area contributed by atoms with Crippen LogP contribution in [0.3, 0.4) is 0 Å². The van der Waals surface area contributed by atoms with Crippen molar-refractivity contribution in [1.29, 1.82) is 0 Å². The van der Waals surface area contributed by atoms with Crippen molar-refractivity contribution >= 4 is 27.2 Å². The molecule has 1 aromatic heterocycles. The van der Waals surface area contributed by atoms with Gasteiger partial charge in [-0.1, -0.05) is 30.3 Å². The zero-order chi connectivity index (χ0) is 12.8. The van der Waals surface area contributed by atoms with E-state index in [0.717, 1.165) is 5.52 Å². The van der Waals surface area contributed by atoms with Gasteiger partial charge in [0.25, 0.3) is 0 Å². The molecule has 0 bridgehead atoms. The molecule has 0 amide bonds. The molecule has 0 atom stereocenters. The Labute approximate surface area is 112 Å². The number of fused-ring (bicyclic) bond motifs is 1. The van der Waals surface area contributed by atoms with Crippen LogP contribution in [0.5, 0.6) is 0 Å². The van der Waals surface area contributed by atoms with E-state index in [4.69, 9.17) is 0 Å².